The fourth-order valence-electron chi connectivity index (χ4n) is 3.51. The Bertz CT molecular complexity index is 582. The monoisotopic (exact) mass is 298 g/mol. The Morgan fingerprint density at radius 1 is 1.20 bits per heavy atom. The molecule has 20 heavy (non-hydrogen) atoms. The van der Waals surface area contributed by atoms with Crippen LogP contribution in [-0.2, 0) is 10.0 Å². The van der Waals surface area contributed by atoms with E-state index in [-0.39, 0.29) is 5.41 Å². The van der Waals surface area contributed by atoms with Crippen molar-refractivity contribution < 1.29 is 8.42 Å². The van der Waals surface area contributed by atoms with Gasteiger partial charge in [0.15, 0.2) is 0 Å². The number of nitrogens with one attached hydrogen (secondary N) is 2. The molecule has 0 saturated carbocycles. The van der Waals surface area contributed by atoms with Crippen LogP contribution in [0.25, 0.3) is 0 Å². The highest BCUT2D eigenvalue weighted by atomic mass is 32.2. The Balaban J connectivity index is 1.87. The number of rotatable bonds is 2. The van der Waals surface area contributed by atoms with E-state index in [2.05, 4.69) is 15.5 Å². The summed E-state index contributed by atoms with van der Waals surface area (Å²) in [7, 11) is -3.41. The van der Waals surface area contributed by atoms with Crippen molar-refractivity contribution in [2.75, 3.05) is 26.2 Å². The van der Waals surface area contributed by atoms with Crippen molar-refractivity contribution in [1.29, 1.82) is 0 Å². The highest BCUT2D eigenvalue weighted by molar-refractivity contribution is 7.89. The van der Waals surface area contributed by atoms with E-state index < -0.39 is 10.0 Å². The zero-order chi connectivity index (χ0) is 14.4. The summed E-state index contributed by atoms with van der Waals surface area (Å²) < 4.78 is 27.3. The second-order valence-corrected chi connectivity index (χ2v) is 7.98. The van der Waals surface area contributed by atoms with E-state index in [4.69, 9.17) is 0 Å². The molecular weight excluding hydrogens is 276 g/mol. The smallest absolute Gasteiger partial charge is 0.246 e. The van der Waals surface area contributed by atoms with E-state index in [1.165, 1.54) is 0 Å². The molecule has 2 aliphatic rings. The van der Waals surface area contributed by atoms with Gasteiger partial charge in [-0.1, -0.05) is 0 Å². The topological polar surface area (TPSA) is 78.1 Å². The molecule has 1 aromatic heterocycles. The molecule has 0 unspecified atom stereocenters. The SMILES string of the molecule is Cc1n[nH]c(C)c1S(=O)(=O)N1CCC2(CCNCC2)C1. The summed E-state index contributed by atoms with van der Waals surface area (Å²) in [4.78, 5) is 0.364. The third kappa shape index (κ3) is 2.17. The van der Waals surface area contributed by atoms with E-state index in [1.54, 1.807) is 18.2 Å². The zero-order valence-corrected chi connectivity index (χ0v) is 12.9. The number of nitrogens with zero attached hydrogens (tertiary/aromatic N) is 2. The first-order chi connectivity index (χ1) is 9.45. The second kappa shape index (κ2) is 4.82. The van der Waals surface area contributed by atoms with Gasteiger partial charge in [0.1, 0.15) is 4.90 Å². The van der Waals surface area contributed by atoms with Gasteiger partial charge in [0, 0.05) is 13.1 Å². The lowest BCUT2D eigenvalue weighted by molar-refractivity contribution is 0.218. The first kappa shape index (κ1) is 14.0. The van der Waals surface area contributed by atoms with Crippen molar-refractivity contribution >= 4 is 10.0 Å². The van der Waals surface area contributed by atoms with Gasteiger partial charge < -0.3 is 5.32 Å². The molecule has 6 nitrogen and oxygen atoms in total. The molecule has 1 spiro atoms. The van der Waals surface area contributed by atoms with Gasteiger partial charge in [0.25, 0.3) is 0 Å². The number of hydrogen-bond acceptors (Lipinski definition) is 4. The Hall–Kier alpha value is -0.920. The first-order valence-corrected chi connectivity index (χ1v) is 8.61. The van der Waals surface area contributed by atoms with Crippen molar-refractivity contribution in [3.05, 3.63) is 11.4 Å². The summed E-state index contributed by atoms with van der Waals surface area (Å²) in [5.41, 5.74) is 1.38. The number of hydrogen-bond donors (Lipinski definition) is 2. The van der Waals surface area contributed by atoms with Gasteiger partial charge in [-0.25, -0.2) is 8.42 Å². The van der Waals surface area contributed by atoms with Crippen LogP contribution in [-0.4, -0.2) is 49.1 Å². The Morgan fingerprint density at radius 3 is 2.50 bits per heavy atom. The maximum absolute atomic E-state index is 12.8. The molecule has 7 heteroatoms. The van der Waals surface area contributed by atoms with Crippen molar-refractivity contribution in [3.8, 4) is 0 Å². The average Bonchev–Trinajstić information content (AvgIpc) is 2.96. The summed E-state index contributed by atoms with van der Waals surface area (Å²) in [5.74, 6) is 0. The second-order valence-electron chi connectivity index (χ2n) is 6.10. The average molecular weight is 298 g/mol. The van der Waals surface area contributed by atoms with E-state index in [9.17, 15) is 8.42 Å². The van der Waals surface area contributed by atoms with E-state index >= 15 is 0 Å². The molecule has 1 aromatic rings. The van der Waals surface area contributed by atoms with Crippen LogP contribution in [0.3, 0.4) is 0 Å². The molecule has 2 N–H and O–H groups in total. The standard InChI is InChI=1S/C13H22N4O2S/c1-10-12(11(2)16-15-10)20(18,19)17-8-5-13(9-17)3-6-14-7-4-13/h14H,3-9H2,1-2H3,(H,15,16). The van der Waals surface area contributed by atoms with Crippen molar-refractivity contribution in [2.24, 2.45) is 5.41 Å². The molecule has 2 fully saturated rings. The predicted octanol–water partition coefficient (Wildman–Crippen LogP) is 0.791. The van der Waals surface area contributed by atoms with Gasteiger partial charge in [-0.15, -0.1) is 0 Å². The molecule has 0 bridgehead atoms. The van der Waals surface area contributed by atoms with Crippen molar-refractivity contribution in [2.45, 2.75) is 38.0 Å². The van der Waals surface area contributed by atoms with Crippen molar-refractivity contribution in [1.82, 2.24) is 19.8 Å². The molecular formula is C13H22N4O2S. The van der Waals surface area contributed by atoms with Crippen LogP contribution in [0.15, 0.2) is 4.90 Å². The molecule has 2 saturated heterocycles. The number of piperidine rings is 1. The third-order valence-electron chi connectivity index (χ3n) is 4.73. The first-order valence-electron chi connectivity index (χ1n) is 7.17. The number of aromatic nitrogens is 2. The number of H-pyrrole nitrogens is 1. The Morgan fingerprint density at radius 2 is 1.90 bits per heavy atom. The molecule has 0 aliphatic carbocycles. The van der Waals surface area contributed by atoms with Crippen molar-refractivity contribution in [3.63, 3.8) is 0 Å². The van der Waals surface area contributed by atoms with Gasteiger partial charge in [-0.2, -0.15) is 9.40 Å². The zero-order valence-electron chi connectivity index (χ0n) is 12.1. The van der Waals surface area contributed by atoms with Crippen LogP contribution >= 0.6 is 0 Å². The van der Waals surface area contributed by atoms with Gasteiger partial charge in [-0.05, 0) is 51.6 Å². The van der Waals surface area contributed by atoms with Crippen LogP contribution in [0, 0.1) is 19.3 Å². The summed E-state index contributed by atoms with van der Waals surface area (Å²) in [5, 5.41) is 10.1. The number of aryl methyl sites for hydroxylation is 2. The summed E-state index contributed by atoms with van der Waals surface area (Å²) in [6.45, 7) is 6.79. The lowest BCUT2D eigenvalue weighted by Crippen LogP contribution is -2.39. The van der Waals surface area contributed by atoms with Crippen LogP contribution < -0.4 is 5.32 Å². The maximum atomic E-state index is 12.8. The maximum Gasteiger partial charge on any atom is 0.246 e. The van der Waals surface area contributed by atoms with Crippen LogP contribution in [0.1, 0.15) is 30.7 Å². The normalized spacial score (nSPS) is 23.5. The largest absolute Gasteiger partial charge is 0.317 e. The minimum atomic E-state index is -3.41. The minimum absolute atomic E-state index is 0.184. The highest BCUT2D eigenvalue weighted by Gasteiger charge is 2.44. The van der Waals surface area contributed by atoms with E-state index in [0.717, 1.165) is 32.4 Å². The number of aromatic amines is 1. The Labute approximate surface area is 120 Å². The summed E-state index contributed by atoms with van der Waals surface area (Å²) >= 11 is 0. The van der Waals surface area contributed by atoms with Gasteiger partial charge >= 0.3 is 0 Å². The molecule has 3 heterocycles. The summed E-state index contributed by atoms with van der Waals surface area (Å²) in [6.07, 6.45) is 3.12. The van der Waals surface area contributed by atoms with Crippen LogP contribution in [0.4, 0.5) is 0 Å². The molecule has 0 amide bonds. The lowest BCUT2D eigenvalue weighted by atomic mass is 9.78. The predicted molar refractivity (Wildman–Crippen MR) is 76.0 cm³/mol. The van der Waals surface area contributed by atoms with Gasteiger partial charge in [0.05, 0.1) is 11.4 Å². The van der Waals surface area contributed by atoms with Gasteiger partial charge in [-0.3, -0.25) is 5.10 Å². The fraction of sp³-hybridized carbons (Fsp3) is 0.769. The van der Waals surface area contributed by atoms with E-state index in [0.29, 0.717) is 29.4 Å². The van der Waals surface area contributed by atoms with E-state index in [1.807, 2.05) is 0 Å². The third-order valence-corrected chi connectivity index (χ3v) is 6.83. The minimum Gasteiger partial charge on any atom is -0.317 e. The lowest BCUT2D eigenvalue weighted by Gasteiger charge is -2.33. The van der Waals surface area contributed by atoms with Crippen LogP contribution in [0.5, 0.6) is 0 Å². The molecule has 0 radical (unpaired) electrons. The molecule has 0 aromatic carbocycles. The van der Waals surface area contributed by atoms with Gasteiger partial charge in [0.2, 0.25) is 10.0 Å². The number of sulfonamides is 1. The fourth-order valence-corrected chi connectivity index (χ4v) is 5.40. The summed E-state index contributed by atoms with van der Waals surface area (Å²) in [6, 6.07) is 0. The molecule has 3 rings (SSSR count). The van der Waals surface area contributed by atoms with Crippen LogP contribution in [0.2, 0.25) is 0 Å². The Kier molecular flexibility index (Phi) is 3.38. The highest BCUT2D eigenvalue weighted by Crippen LogP contribution is 2.41. The molecule has 0 atom stereocenters. The molecule has 2 aliphatic heterocycles. The molecule has 112 valence electrons. The quantitative estimate of drug-likeness (QED) is 0.846.